The summed E-state index contributed by atoms with van der Waals surface area (Å²) in [6.07, 6.45) is 5.83. The third kappa shape index (κ3) is 9.76. The van der Waals surface area contributed by atoms with Crippen molar-refractivity contribution in [2.75, 3.05) is 11.9 Å². The van der Waals surface area contributed by atoms with Crippen LogP contribution in [0.25, 0.3) is 0 Å². The highest BCUT2D eigenvalue weighted by Crippen LogP contribution is 2.16. The molecule has 3 N–H and O–H groups in total. The second kappa shape index (κ2) is 13.9. The molecule has 2 rings (SSSR count). The van der Waals surface area contributed by atoms with Crippen molar-refractivity contribution in [3.63, 3.8) is 0 Å². The molecule has 7 nitrogen and oxygen atoms in total. The van der Waals surface area contributed by atoms with Gasteiger partial charge in [0.25, 0.3) is 5.91 Å². The van der Waals surface area contributed by atoms with E-state index in [4.69, 9.17) is 4.74 Å². The maximum Gasteiger partial charge on any atom is 0.269 e. The van der Waals surface area contributed by atoms with Gasteiger partial charge in [0.1, 0.15) is 5.75 Å². The van der Waals surface area contributed by atoms with Gasteiger partial charge in [0.15, 0.2) is 0 Å². The Kier molecular flexibility index (Phi) is 10.9. The van der Waals surface area contributed by atoms with Crippen molar-refractivity contribution < 1.29 is 19.1 Å². The molecule has 0 aliphatic carbocycles. The molecule has 0 aromatic heterocycles. The molecule has 178 valence electrons. The summed E-state index contributed by atoms with van der Waals surface area (Å²) in [6, 6.07) is 12.5. The number of rotatable bonds is 12. The van der Waals surface area contributed by atoms with E-state index in [2.05, 4.69) is 23.1 Å². The van der Waals surface area contributed by atoms with Gasteiger partial charge in [0, 0.05) is 24.1 Å². The number of hydrogen-bond donors (Lipinski definition) is 3. The predicted molar refractivity (Wildman–Crippen MR) is 130 cm³/mol. The summed E-state index contributed by atoms with van der Waals surface area (Å²) in [5, 5.41) is 2.80. The number of ether oxygens (including phenoxy) is 1. The third-order valence-electron chi connectivity index (χ3n) is 5.18. The lowest BCUT2D eigenvalue weighted by molar-refractivity contribution is -0.124. The van der Waals surface area contributed by atoms with Gasteiger partial charge in [-0.05, 0) is 56.2 Å². The van der Waals surface area contributed by atoms with Crippen molar-refractivity contribution in [1.82, 2.24) is 10.9 Å². The summed E-state index contributed by atoms with van der Waals surface area (Å²) in [6.45, 7) is 6.74. The van der Waals surface area contributed by atoms with Crippen LogP contribution in [0.3, 0.4) is 0 Å². The Morgan fingerprint density at radius 3 is 2.21 bits per heavy atom. The lowest BCUT2D eigenvalue weighted by atomic mass is 10.1. The number of unbranched alkanes of at least 4 members (excludes halogenated alkanes) is 4. The average Bonchev–Trinajstić information content (AvgIpc) is 2.80. The van der Waals surface area contributed by atoms with Gasteiger partial charge in [-0.1, -0.05) is 50.3 Å². The van der Waals surface area contributed by atoms with Crippen LogP contribution < -0.4 is 20.9 Å². The summed E-state index contributed by atoms with van der Waals surface area (Å²) in [5.74, 6) is -0.429. The Bertz CT molecular complexity index is 926. The standard InChI is InChI=1S/C26H35N3O4/c1-4-5-6-7-8-17-33-22-12-10-21(11-13-22)26(32)29-28-25(31)16-15-24(30)27-23-14-9-19(2)18-20(23)3/h9-14,18H,4-8,15-17H2,1-3H3,(H,27,30)(H,28,31)(H,29,32). The zero-order chi connectivity index (χ0) is 24.1. The van der Waals surface area contributed by atoms with Gasteiger partial charge in [-0.2, -0.15) is 0 Å². The van der Waals surface area contributed by atoms with E-state index in [-0.39, 0.29) is 18.7 Å². The second-order valence-corrected chi connectivity index (χ2v) is 8.16. The van der Waals surface area contributed by atoms with Crippen molar-refractivity contribution in [1.29, 1.82) is 0 Å². The number of amides is 3. The molecule has 2 aromatic rings. The first-order chi connectivity index (χ1) is 15.9. The minimum Gasteiger partial charge on any atom is -0.494 e. The van der Waals surface area contributed by atoms with Crippen molar-refractivity contribution in [2.45, 2.75) is 65.7 Å². The molecule has 0 spiro atoms. The van der Waals surface area contributed by atoms with E-state index >= 15 is 0 Å². The molecule has 0 bridgehead atoms. The molecule has 0 radical (unpaired) electrons. The molecule has 3 amide bonds. The van der Waals surface area contributed by atoms with E-state index in [1.165, 1.54) is 19.3 Å². The van der Waals surface area contributed by atoms with Crippen LogP contribution in [-0.2, 0) is 9.59 Å². The zero-order valence-electron chi connectivity index (χ0n) is 19.8. The van der Waals surface area contributed by atoms with Gasteiger partial charge in [-0.15, -0.1) is 0 Å². The van der Waals surface area contributed by atoms with Crippen LogP contribution >= 0.6 is 0 Å². The molecule has 0 unspecified atom stereocenters. The first-order valence-electron chi connectivity index (χ1n) is 11.6. The minimum atomic E-state index is -0.442. The monoisotopic (exact) mass is 453 g/mol. The van der Waals surface area contributed by atoms with E-state index in [0.29, 0.717) is 17.9 Å². The normalized spacial score (nSPS) is 10.4. The quantitative estimate of drug-likeness (QED) is 0.317. The van der Waals surface area contributed by atoms with Gasteiger partial charge >= 0.3 is 0 Å². The van der Waals surface area contributed by atoms with Crippen LogP contribution in [-0.4, -0.2) is 24.3 Å². The van der Waals surface area contributed by atoms with Crippen molar-refractivity contribution in [3.05, 3.63) is 59.2 Å². The maximum atomic E-state index is 12.2. The number of anilines is 1. The van der Waals surface area contributed by atoms with Crippen LogP contribution in [0, 0.1) is 13.8 Å². The molecule has 7 heteroatoms. The van der Waals surface area contributed by atoms with Gasteiger partial charge < -0.3 is 10.1 Å². The minimum absolute atomic E-state index is 0.0134. The Morgan fingerprint density at radius 2 is 1.52 bits per heavy atom. The Hall–Kier alpha value is -3.35. The van der Waals surface area contributed by atoms with Gasteiger partial charge in [0.05, 0.1) is 6.61 Å². The summed E-state index contributed by atoms with van der Waals surface area (Å²) >= 11 is 0. The summed E-state index contributed by atoms with van der Waals surface area (Å²) in [4.78, 5) is 36.3. The highest BCUT2D eigenvalue weighted by atomic mass is 16.5. The highest BCUT2D eigenvalue weighted by molar-refractivity contribution is 5.96. The van der Waals surface area contributed by atoms with E-state index in [1.807, 2.05) is 32.0 Å². The molecular formula is C26H35N3O4. The van der Waals surface area contributed by atoms with E-state index in [0.717, 1.165) is 29.7 Å². The van der Waals surface area contributed by atoms with Gasteiger partial charge in [-0.3, -0.25) is 25.2 Å². The highest BCUT2D eigenvalue weighted by Gasteiger charge is 2.11. The molecular weight excluding hydrogens is 418 g/mol. The number of aryl methyl sites for hydroxylation is 2. The fourth-order valence-electron chi connectivity index (χ4n) is 3.25. The van der Waals surface area contributed by atoms with E-state index in [1.54, 1.807) is 24.3 Å². The Morgan fingerprint density at radius 1 is 0.818 bits per heavy atom. The first kappa shape index (κ1) is 25.9. The number of carbonyl (C=O) groups excluding carboxylic acids is 3. The molecule has 0 saturated heterocycles. The Balaban J connectivity index is 1.66. The average molecular weight is 454 g/mol. The van der Waals surface area contributed by atoms with Crippen LogP contribution in [0.5, 0.6) is 5.75 Å². The number of carbonyl (C=O) groups is 3. The lowest BCUT2D eigenvalue weighted by Crippen LogP contribution is -2.41. The molecule has 0 heterocycles. The number of nitrogens with one attached hydrogen (secondary N) is 3. The molecule has 33 heavy (non-hydrogen) atoms. The van der Waals surface area contributed by atoms with Crippen LogP contribution in [0.2, 0.25) is 0 Å². The molecule has 0 saturated carbocycles. The maximum absolute atomic E-state index is 12.2. The van der Waals surface area contributed by atoms with Crippen molar-refractivity contribution in [3.8, 4) is 5.75 Å². The summed E-state index contributed by atoms with van der Waals surface area (Å²) in [7, 11) is 0. The zero-order valence-corrected chi connectivity index (χ0v) is 19.8. The molecule has 0 aliphatic heterocycles. The fourth-order valence-corrected chi connectivity index (χ4v) is 3.25. The third-order valence-corrected chi connectivity index (χ3v) is 5.18. The smallest absolute Gasteiger partial charge is 0.269 e. The topological polar surface area (TPSA) is 96.5 Å². The van der Waals surface area contributed by atoms with Crippen LogP contribution in [0.4, 0.5) is 5.69 Å². The van der Waals surface area contributed by atoms with Gasteiger partial charge in [-0.25, -0.2) is 0 Å². The molecule has 0 aliphatic rings. The Labute approximate surface area is 196 Å². The lowest BCUT2D eigenvalue weighted by Gasteiger charge is -2.10. The summed E-state index contributed by atoms with van der Waals surface area (Å²) in [5.41, 5.74) is 7.91. The van der Waals surface area contributed by atoms with Gasteiger partial charge in [0.2, 0.25) is 11.8 Å². The second-order valence-electron chi connectivity index (χ2n) is 8.16. The van der Waals surface area contributed by atoms with Crippen LogP contribution in [0.1, 0.15) is 73.4 Å². The predicted octanol–water partition coefficient (Wildman–Crippen LogP) is 4.83. The largest absolute Gasteiger partial charge is 0.494 e. The summed E-state index contributed by atoms with van der Waals surface area (Å²) < 4.78 is 5.69. The fraction of sp³-hybridized carbons (Fsp3) is 0.423. The van der Waals surface area contributed by atoms with Crippen LogP contribution in [0.15, 0.2) is 42.5 Å². The van der Waals surface area contributed by atoms with E-state index < -0.39 is 11.8 Å². The first-order valence-corrected chi connectivity index (χ1v) is 11.6. The van der Waals surface area contributed by atoms with E-state index in [9.17, 15) is 14.4 Å². The van der Waals surface area contributed by atoms with Crippen molar-refractivity contribution >= 4 is 23.4 Å². The number of hydrazine groups is 1. The number of benzene rings is 2. The molecule has 0 atom stereocenters. The molecule has 2 aromatic carbocycles. The molecule has 0 fully saturated rings. The SMILES string of the molecule is CCCCCCCOc1ccc(C(=O)NNC(=O)CCC(=O)Nc2ccc(C)cc2C)cc1. The number of hydrogen-bond acceptors (Lipinski definition) is 4. The van der Waals surface area contributed by atoms with Crippen molar-refractivity contribution in [2.24, 2.45) is 0 Å².